The van der Waals surface area contributed by atoms with Gasteiger partial charge in [-0.25, -0.2) is 4.39 Å². The second-order valence-corrected chi connectivity index (χ2v) is 15.7. The fourth-order valence-corrected chi connectivity index (χ4v) is 11.7. The zero-order valence-corrected chi connectivity index (χ0v) is 23.6. The average Bonchev–Trinajstić information content (AvgIpc) is 2.76. The highest BCUT2D eigenvalue weighted by molar-refractivity contribution is 6.73. The van der Waals surface area contributed by atoms with E-state index in [1.165, 1.54) is 64.2 Å². The monoisotopic (exact) mass is 480 g/mol. The molecule has 188 valence electrons. The average molecular weight is 481 g/mol. The number of halogens is 3. The molecule has 5 heteroatoms. The Kier molecular flexibility index (Phi) is 23.6. The third kappa shape index (κ3) is 21.8. The summed E-state index contributed by atoms with van der Waals surface area (Å²) in [6, 6.07) is 4.26. The first-order valence-electron chi connectivity index (χ1n) is 14.0. The Morgan fingerprint density at radius 3 is 1.68 bits per heavy atom. The Labute approximate surface area is 196 Å². The Bertz CT molecular complexity index is 340. The molecule has 0 aliphatic heterocycles. The van der Waals surface area contributed by atoms with Crippen molar-refractivity contribution in [2.45, 2.75) is 159 Å². The Morgan fingerprint density at radius 2 is 1.13 bits per heavy atom. The molecule has 0 N–H and O–H groups in total. The Morgan fingerprint density at radius 1 is 0.645 bits per heavy atom. The molecule has 0 radical (unpaired) electrons. The van der Waals surface area contributed by atoms with Gasteiger partial charge in [-0.15, -0.1) is 0 Å². The maximum Gasteiger partial charge on any atom is 0.246 e. The minimum absolute atomic E-state index is 0.252. The molecular formula is C26H55F3Si2. The smallest absolute Gasteiger partial charge is 0.246 e. The van der Waals surface area contributed by atoms with E-state index < -0.39 is 24.1 Å². The zero-order chi connectivity index (χ0) is 23.0. The van der Waals surface area contributed by atoms with Gasteiger partial charge in [0.1, 0.15) is 0 Å². The van der Waals surface area contributed by atoms with Gasteiger partial charge in [-0.1, -0.05) is 116 Å². The van der Waals surface area contributed by atoms with Crippen molar-refractivity contribution in [2.24, 2.45) is 0 Å². The number of hydrogen-bond acceptors (Lipinski definition) is 0. The topological polar surface area (TPSA) is 0 Å². The van der Waals surface area contributed by atoms with Crippen molar-refractivity contribution in [3.8, 4) is 0 Å². The number of alkyl halides is 2. The second-order valence-electron chi connectivity index (χ2n) is 9.92. The molecule has 0 aromatic carbocycles. The molecule has 0 fully saturated rings. The Balaban J connectivity index is 4.11. The summed E-state index contributed by atoms with van der Waals surface area (Å²) < 4.78 is 42.0. The van der Waals surface area contributed by atoms with Crippen molar-refractivity contribution in [2.75, 3.05) is 6.67 Å². The standard InChI is InChI=1S/C26H55F3Si2/c1-3-5-7-9-13-17-22-31(29,23-18-14-10-8-6-4-2)24-21-30-25-26(28)19-15-11-12-16-20-27/h26H,3-25,30H2,1-2H3. The molecule has 0 saturated heterocycles. The highest BCUT2D eigenvalue weighted by Gasteiger charge is 2.32. The molecule has 0 aliphatic rings. The van der Waals surface area contributed by atoms with E-state index in [0.29, 0.717) is 12.8 Å². The number of rotatable bonds is 25. The van der Waals surface area contributed by atoms with E-state index in [0.717, 1.165) is 62.3 Å². The van der Waals surface area contributed by atoms with Gasteiger partial charge in [-0.05, 0) is 37.0 Å². The lowest BCUT2D eigenvalue weighted by molar-refractivity contribution is 0.327. The predicted octanol–water partition coefficient (Wildman–Crippen LogP) is 9.89. The highest BCUT2D eigenvalue weighted by Crippen LogP contribution is 2.30. The van der Waals surface area contributed by atoms with Crippen LogP contribution >= 0.6 is 0 Å². The minimum Gasteiger partial charge on any atom is -0.314 e. The first-order chi connectivity index (χ1) is 15.1. The van der Waals surface area contributed by atoms with E-state index in [2.05, 4.69) is 13.8 Å². The molecular weight excluding hydrogens is 425 g/mol. The van der Waals surface area contributed by atoms with Gasteiger partial charge in [0.2, 0.25) is 8.41 Å². The van der Waals surface area contributed by atoms with Crippen LogP contribution in [0.5, 0.6) is 0 Å². The van der Waals surface area contributed by atoms with Crippen LogP contribution in [0.1, 0.15) is 123 Å². The first-order valence-corrected chi connectivity index (χ1v) is 18.5. The van der Waals surface area contributed by atoms with Gasteiger partial charge in [0, 0.05) is 9.52 Å². The summed E-state index contributed by atoms with van der Waals surface area (Å²) in [6.07, 6.45) is 18.1. The van der Waals surface area contributed by atoms with E-state index in [4.69, 9.17) is 0 Å². The summed E-state index contributed by atoms with van der Waals surface area (Å²) in [5.41, 5.74) is 0. The highest BCUT2D eigenvalue weighted by atomic mass is 28.4. The summed E-state index contributed by atoms with van der Waals surface area (Å²) in [5.74, 6) is 0. The minimum atomic E-state index is -2.62. The van der Waals surface area contributed by atoms with E-state index in [1.54, 1.807) is 0 Å². The largest absolute Gasteiger partial charge is 0.314 e. The SMILES string of the molecule is CCCCCCCC[Si](F)(CCCCCCCC)CC[SiH2]CC(F)CCCCCCF. The van der Waals surface area contributed by atoms with Gasteiger partial charge >= 0.3 is 0 Å². The van der Waals surface area contributed by atoms with Crippen LogP contribution in [0, 0.1) is 0 Å². The van der Waals surface area contributed by atoms with Gasteiger partial charge < -0.3 is 4.11 Å². The quantitative estimate of drug-likeness (QED) is 0.0692. The lowest BCUT2D eigenvalue weighted by Gasteiger charge is -2.23. The lowest BCUT2D eigenvalue weighted by Crippen LogP contribution is -2.28. The van der Waals surface area contributed by atoms with Crippen LogP contribution in [0.2, 0.25) is 30.2 Å². The molecule has 0 spiro atoms. The molecule has 1 unspecified atom stereocenters. The van der Waals surface area contributed by atoms with Crippen LogP contribution in [0.3, 0.4) is 0 Å². The molecule has 0 amide bonds. The van der Waals surface area contributed by atoms with Gasteiger partial charge in [-0.2, -0.15) is 0 Å². The van der Waals surface area contributed by atoms with Crippen molar-refractivity contribution in [1.29, 1.82) is 0 Å². The normalized spacial score (nSPS) is 13.5. The molecule has 31 heavy (non-hydrogen) atoms. The summed E-state index contributed by atoms with van der Waals surface area (Å²) in [7, 11) is -3.10. The molecule has 0 saturated carbocycles. The molecule has 0 nitrogen and oxygen atoms in total. The van der Waals surface area contributed by atoms with Gasteiger partial charge in [0.25, 0.3) is 0 Å². The molecule has 0 heterocycles. The lowest BCUT2D eigenvalue weighted by atomic mass is 10.1. The number of unbranched alkanes of at least 4 members (excludes halogenated alkanes) is 13. The molecule has 0 rings (SSSR count). The van der Waals surface area contributed by atoms with E-state index >= 15 is 4.11 Å². The fraction of sp³-hybridized carbons (Fsp3) is 1.00. The summed E-state index contributed by atoms with van der Waals surface area (Å²) >= 11 is 0. The predicted molar refractivity (Wildman–Crippen MR) is 140 cm³/mol. The molecule has 0 aliphatic carbocycles. The van der Waals surface area contributed by atoms with Gasteiger partial charge in [0.15, 0.2) is 0 Å². The van der Waals surface area contributed by atoms with Crippen molar-refractivity contribution in [3.05, 3.63) is 0 Å². The van der Waals surface area contributed by atoms with Crippen LogP contribution in [0.25, 0.3) is 0 Å². The maximum atomic E-state index is 15.8. The van der Waals surface area contributed by atoms with E-state index in [1.807, 2.05) is 0 Å². The third-order valence-corrected chi connectivity index (χ3v) is 13.1. The van der Waals surface area contributed by atoms with Gasteiger partial charge in [0.05, 0.1) is 12.8 Å². The molecule has 0 aromatic heterocycles. The van der Waals surface area contributed by atoms with Crippen LogP contribution in [0.4, 0.5) is 12.9 Å². The molecule has 0 bridgehead atoms. The summed E-state index contributed by atoms with van der Waals surface area (Å²) in [5, 5.41) is 0. The van der Waals surface area contributed by atoms with Crippen LogP contribution < -0.4 is 0 Å². The van der Waals surface area contributed by atoms with E-state index in [-0.39, 0.29) is 6.67 Å². The van der Waals surface area contributed by atoms with Crippen molar-refractivity contribution in [3.63, 3.8) is 0 Å². The fourth-order valence-electron chi connectivity index (χ4n) is 4.59. The first kappa shape index (κ1) is 31.2. The third-order valence-electron chi connectivity index (χ3n) is 6.75. The van der Waals surface area contributed by atoms with Crippen LogP contribution in [-0.2, 0) is 0 Å². The van der Waals surface area contributed by atoms with E-state index in [9.17, 15) is 8.78 Å². The van der Waals surface area contributed by atoms with Crippen molar-refractivity contribution < 1.29 is 12.9 Å². The zero-order valence-electron chi connectivity index (χ0n) is 21.2. The van der Waals surface area contributed by atoms with Crippen LogP contribution in [-0.4, -0.2) is 30.8 Å². The van der Waals surface area contributed by atoms with Crippen LogP contribution in [0.15, 0.2) is 0 Å². The van der Waals surface area contributed by atoms with Crippen molar-refractivity contribution in [1.82, 2.24) is 0 Å². The maximum absolute atomic E-state index is 15.8. The molecule has 0 aromatic rings. The number of hydrogen-bond donors (Lipinski definition) is 0. The Hall–Kier alpha value is 0.224. The second kappa shape index (κ2) is 23.4. The molecule has 1 atom stereocenters. The van der Waals surface area contributed by atoms with Crippen molar-refractivity contribution >= 4 is 17.9 Å². The van der Waals surface area contributed by atoms with Gasteiger partial charge in [-0.3, -0.25) is 4.39 Å². The summed E-state index contributed by atoms with van der Waals surface area (Å²) in [4.78, 5) is 0. The summed E-state index contributed by atoms with van der Waals surface area (Å²) in [6.45, 7) is 4.22.